The van der Waals surface area contributed by atoms with E-state index >= 15 is 0 Å². The number of halogens is 2. The van der Waals surface area contributed by atoms with Gasteiger partial charge in [-0.05, 0) is 19.1 Å². The van der Waals surface area contributed by atoms with Gasteiger partial charge in [-0.15, -0.1) is 11.6 Å². The van der Waals surface area contributed by atoms with Gasteiger partial charge in [-0.25, -0.2) is 4.39 Å². The lowest BCUT2D eigenvalue weighted by molar-refractivity contribution is 0.630. The normalized spacial score (nSPS) is 14.5. The first-order chi connectivity index (χ1) is 7.15. The highest BCUT2D eigenvalue weighted by molar-refractivity contribution is 6.24. The molecule has 0 heterocycles. The Balaban J connectivity index is 2.86. The topological polar surface area (TPSA) is 38.4 Å². The van der Waals surface area contributed by atoms with Gasteiger partial charge in [-0.3, -0.25) is 4.99 Å². The van der Waals surface area contributed by atoms with Crippen molar-refractivity contribution in [2.24, 2.45) is 10.7 Å². The van der Waals surface area contributed by atoms with E-state index in [1.165, 1.54) is 18.5 Å². The zero-order valence-corrected chi connectivity index (χ0v) is 9.08. The number of aliphatic imine (C=N–C) groups is 1. The molecule has 2 N–H and O–H groups in total. The SMILES string of the molecule is CC(Cl)/C(C=Nc1ccccc1F)=C/N. The number of benzene rings is 1. The van der Waals surface area contributed by atoms with Gasteiger partial charge in [-0.1, -0.05) is 12.1 Å². The van der Waals surface area contributed by atoms with Crippen LogP contribution in [0.25, 0.3) is 0 Å². The van der Waals surface area contributed by atoms with Crippen LogP contribution in [0.1, 0.15) is 6.92 Å². The molecule has 0 bridgehead atoms. The number of hydrogen-bond acceptors (Lipinski definition) is 2. The third-order valence-corrected chi connectivity index (χ3v) is 2.11. The van der Waals surface area contributed by atoms with Gasteiger partial charge in [0.25, 0.3) is 0 Å². The Morgan fingerprint density at radius 1 is 1.53 bits per heavy atom. The van der Waals surface area contributed by atoms with Crippen LogP contribution in [0.5, 0.6) is 0 Å². The molecule has 1 rings (SSSR count). The smallest absolute Gasteiger partial charge is 0.148 e. The summed E-state index contributed by atoms with van der Waals surface area (Å²) in [5.74, 6) is -0.368. The van der Waals surface area contributed by atoms with Gasteiger partial charge in [0.2, 0.25) is 0 Å². The maximum Gasteiger partial charge on any atom is 0.148 e. The maximum atomic E-state index is 13.1. The van der Waals surface area contributed by atoms with Crippen LogP contribution in [-0.2, 0) is 0 Å². The molecule has 0 saturated carbocycles. The van der Waals surface area contributed by atoms with Crippen LogP contribution >= 0.6 is 11.6 Å². The summed E-state index contributed by atoms with van der Waals surface area (Å²) in [6.45, 7) is 1.77. The van der Waals surface area contributed by atoms with E-state index in [2.05, 4.69) is 4.99 Å². The van der Waals surface area contributed by atoms with Crippen molar-refractivity contribution in [1.82, 2.24) is 0 Å². The number of para-hydroxylation sites is 1. The van der Waals surface area contributed by atoms with Gasteiger partial charge in [0.1, 0.15) is 5.82 Å². The van der Waals surface area contributed by atoms with E-state index in [0.29, 0.717) is 5.57 Å². The zero-order chi connectivity index (χ0) is 11.3. The molecule has 0 aliphatic rings. The van der Waals surface area contributed by atoms with Crippen LogP contribution in [0.4, 0.5) is 10.1 Å². The number of nitrogens with two attached hydrogens (primary N) is 1. The van der Waals surface area contributed by atoms with Crippen LogP contribution in [0.15, 0.2) is 41.0 Å². The van der Waals surface area contributed by atoms with Gasteiger partial charge >= 0.3 is 0 Å². The van der Waals surface area contributed by atoms with Gasteiger partial charge < -0.3 is 5.73 Å². The molecule has 80 valence electrons. The van der Waals surface area contributed by atoms with E-state index in [1.807, 2.05) is 0 Å². The van der Waals surface area contributed by atoms with Gasteiger partial charge in [0.15, 0.2) is 0 Å². The molecule has 1 aromatic rings. The molecule has 0 aliphatic carbocycles. The van der Waals surface area contributed by atoms with Crippen molar-refractivity contribution in [3.8, 4) is 0 Å². The van der Waals surface area contributed by atoms with E-state index in [4.69, 9.17) is 17.3 Å². The lowest BCUT2D eigenvalue weighted by Gasteiger charge is -2.01. The lowest BCUT2D eigenvalue weighted by Crippen LogP contribution is -2.01. The molecule has 1 atom stereocenters. The summed E-state index contributed by atoms with van der Waals surface area (Å²) in [6.07, 6.45) is 2.83. The molecular weight excluding hydrogens is 215 g/mol. The Kier molecular flexibility index (Phi) is 4.31. The number of hydrogen-bond donors (Lipinski definition) is 1. The molecule has 0 fully saturated rings. The third kappa shape index (κ3) is 3.36. The molecule has 0 aliphatic heterocycles. The Hall–Kier alpha value is -1.35. The highest BCUT2D eigenvalue weighted by Crippen LogP contribution is 2.16. The molecule has 0 saturated heterocycles. The van der Waals surface area contributed by atoms with Crippen LogP contribution in [0.3, 0.4) is 0 Å². The third-order valence-electron chi connectivity index (χ3n) is 1.86. The second-order valence-corrected chi connectivity index (χ2v) is 3.65. The first-order valence-electron chi connectivity index (χ1n) is 4.49. The molecule has 0 amide bonds. The van der Waals surface area contributed by atoms with Crippen molar-refractivity contribution >= 4 is 23.5 Å². The molecule has 0 spiro atoms. The first kappa shape index (κ1) is 11.7. The summed E-state index contributed by atoms with van der Waals surface area (Å²) in [4.78, 5) is 3.97. The van der Waals surface area contributed by atoms with Crippen LogP contribution in [0, 0.1) is 5.82 Å². The fourth-order valence-corrected chi connectivity index (χ4v) is 1.11. The molecule has 1 aromatic carbocycles. The fourth-order valence-electron chi connectivity index (χ4n) is 0.979. The molecule has 2 nitrogen and oxygen atoms in total. The highest BCUT2D eigenvalue weighted by atomic mass is 35.5. The largest absolute Gasteiger partial charge is 0.404 e. The van der Waals surface area contributed by atoms with Crippen LogP contribution in [0.2, 0.25) is 0 Å². The summed E-state index contributed by atoms with van der Waals surface area (Å²) in [6, 6.07) is 6.26. The standard InChI is InChI=1S/C11H12ClFN2/c1-8(12)9(6-14)7-15-11-5-3-2-4-10(11)13/h2-8H,14H2,1H3/b9-6+,15-7?. The van der Waals surface area contributed by atoms with Gasteiger partial charge in [0, 0.05) is 18.0 Å². The average molecular weight is 227 g/mol. The summed E-state index contributed by atoms with van der Waals surface area (Å²) in [5.41, 5.74) is 6.27. The number of nitrogens with zero attached hydrogens (tertiary/aromatic N) is 1. The molecule has 4 heteroatoms. The van der Waals surface area contributed by atoms with Crippen molar-refractivity contribution in [1.29, 1.82) is 0 Å². The molecule has 1 unspecified atom stereocenters. The van der Waals surface area contributed by atoms with Crippen molar-refractivity contribution in [3.05, 3.63) is 41.9 Å². The van der Waals surface area contributed by atoms with E-state index in [-0.39, 0.29) is 16.9 Å². The molecule has 0 aromatic heterocycles. The Labute approximate surface area is 93.3 Å². The molecular formula is C11H12ClFN2. The van der Waals surface area contributed by atoms with Crippen molar-refractivity contribution in [3.63, 3.8) is 0 Å². The summed E-state index contributed by atoms with van der Waals surface area (Å²) in [7, 11) is 0. The zero-order valence-electron chi connectivity index (χ0n) is 8.32. The average Bonchev–Trinajstić information content (AvgIpc) is 2.21. The van der Waals surface area contributed by atoms with E-state index in [9.17, 15) is 4.39 Å². The second kappa shape index (κ2) is 5.51. The Bertz CT molecular complexity index is 386. The second-order valence-electron chi connectivity index (χ2n) is 2.99. The van der Waals surface area contributed by atoms with E-state index in [0.717, 1.165) is 0 Å². The molecule has 0 radical (unpaired) electrons. The minimum atomic E-state index is -0.368. The fraction of sp³-hybridized carbons (Fsp3) is 0.182. The lowest BCUT2D eigenvalue weighted by atomic mass is 10.2. The van der Waals surface area contributed by atoms with Crippen molar-refractivity contribution < 1.29 is 4.39 Å². The van der Waals surface area contributed by atoms with Crippen molar-refractivity contribution in [2.75, 3.05) is 0 Å². The van der Waals surface area contributed by atoms with Crippen LogP contribution in [-0.4, -0.2) is 11.6 Å². The Morgan fingerprint density at radius 2 is 2.20 bits per heavy atom. The predicted octanol–water partition coefficient (Wildman–Crippen LogP) is 3.00. The summed E-state index contributed by atoms with van der Waals surface area (Å²) < 4.78 is 13.1. The highest BCUT2D eigenvalue weighted by Gasteiger charge is 2.02. The number of rotatable bonds is 3. The van der Waals surface area contributed by atoms with Gasteiger partial charge in [0.05, 0.1) is 11.1 Å². The summed E-state index contributed by atoms with van der Waals surface area (Å²) >= 11 is 5.82. The monoisotopic (exact) mass is 226 g/mol. The minimum absolute atomic E-state index is 0.245. The number of alkyl halides is 1. The van der Waals surface area contributed by atoms with Crippen molar-refractivity contribution in [2.45, 2.75) is 12.3 Å². The van der Waals surface area contributed by atoms with E-state index < -0.39 is 0 Å². The van der Waals surface area contributed by atoms with Crippen LogP contribution < -0.4 is 5.73 Å². The van der Waals surface area contributed by atoms with E-state index in [1.54, 1.807) is 25.1 Å². The minimum Gasteiger partial charge on any atom is -0.404 e. The number of allylic oxidation sites excluding steroid dienone is 1. The Morgan fingerprint density at radius 3 is 2.73 bits per heavy atom. The maximum absolute atomic E-state index is 13.1. The summed E-state index contributed by atoms with van der Waals surface area (Å²) in [5, 5.41) is -0.245. The quantitative estimate of drug-likeness (QED) is 0.625. The predicted molar refractivity (Wildman–Crippen MR) is 62.1 cm³/mol. The van der Waals surface area contributed by atoms with Gasteiger partial charge in [-0.2, -0.15) is 0 Å². The molecule has 15 heavy (non-hydrogen) atoms. The first-order valence-corrected chi connectivity index (χ1v) is 4.93.